The summed E-state index contributed by atoms with van der Waals surface area (Å²) in [5.41, 5.74) is 1.53. The number of nitro benzene ring substituents is 1. The summed E-state index contributed by atoms with van der Waals surface area (Å²) >= 11 is 2.98. The number of aryl methyl sites for hydroxylation is 1. The first-order valence-corrected chi connectivity index (χ1v) is 10.5. The van der Waals surface area contributed by atoms with E-state index in [0.717, 1.165) is 24.4 Å². The average molecular weight is 418 g/mol. The molecule has 8 nitrogen and oxygen atoms in total. The van der Waals surface area contributed by atoms with Crippen molar-refractivity contribution in [1.29, 1.82) is 0 Å². The highest BCUT2D eigenvalue weighted by atomic mass is 32.2. The van der Waals surface area contributed by atoms with Crippen molar-refractivity contribution in [3.05, 3.63) is 50.7 Å². The van der Waals surface area contributed by atoms with Gasteiger partial charge in [-0.25, -0.2) is 0 Å². The van der Waals surface area contributed by atoms with Crippen LogP contribution in [0.15, 0.2) is 40.9 Å². The van der Waals surface area contributed by atoms with E-state index in [9.17, 15) is 14.9 Å². The van der Waals surface area contributed by atoms with Gasteiger partial charge in [-0.15, -0.1) is 21.5 Å². The fourth-order valence-electron chi connectivity index (χ4n) is 2.59. The third-order valence-corrected chi connectivity index (χ3v) is 5.68. The first-order valence-electron chi connectivity index (χ1n) is 8.63. The number of thioether (sulfide) groups is 1. The second-order valence-corrected chi connectivity index (χ2v) is 8.10. The molecule has 0 aliphatic heterocycles. The molecule has 10 heteroatoms. The number of nitro groups is 1. The van der Waals surface area contributed by atoms with Gasteiger partial charge in [0, 0.05) is 40.2 Å². The van der Waals surface area contributed by atoms with Crippen LogP contribution >= 0.6 is 23.1 Å². The predicted octanol–water partition coefficient (Wildman–Crippen LogP) is 4.36. The number of thiophene rings is 1. The number of hydrogen-bond acceptors (Lipinski definition) is 7. The molecule has 0 spiro atoms. The summed E-state index contributed by atoms with van der Waals surface area (Å²) in [4.78, 5) is 23.6. The van der Waals surface area contributed by atoms with Gasteiger partial charge in [-0.3, -0.25) is 14.9 Å². The quantitative estimate of drug-likeness (QED) is 0.332. The van der Waals surface area contributed by atoms with Gasteiger partial charge in [-0.1, -0.05) is 18.7 Å². The monoisotopic (exact) mass is 417 g/mol. The molecule has 0 saturated carbocycles. The lowest BCUT2D eigenvalue weighted by Crippen LogP contribution is -2.14. The molecule has 0 aliphatic carbocycles. The summed E-state index contributed by atoms with van der Waals surface area (Å²) in [6.07, 6.45) is 0.927. The van der Waals surface area contributed by atoms with Crippen molar-refractivity contribution in [2.45, 2.75) is 32.0 Å². The highest BCUT2D eigenvalue weighted by molar-refractivity contribution is 7.99. The van der Waals surface area contributed by atoms with Crippen molar-refractivity contribution in [3.8, 4) is 11.4 Å². The summed E-state index contributed by atoms with van der Waals surface area (Å²) in [6.45, 7) is 4.90. The van der Waals surface area contributed by atoms with Crippen molar-refractivity contribution in [1.82, 2.24) is 14.8 Å². The average Bonchev–Trinajstić information content (AvgIpc) is 3.27. The molecule has 0 fully saturated rings. The molecular weight excluding hydrogens is 398 g/mol. The maximum absolute atomic E-state index is 12.2. The second-order valence-electron chi connectivity index (χ2n) is 6.04. The third kappa shape index (κ3) is 4.76. The molecule has 0 atom stereocenters. The number of carbonyl (C=O) groups excluding carboxylic acids is 1. The standard InChI is InChI=1S/C18H19N5O3S2/c1-3-8-22-17(13-9-12(2)27-10-13)20-21-18(22)28-11-16(24)19-14-4-6-15(7-5-14)23(25)26/h4-7,9-10H,3,8,11H2,1-2H3,(H,19,24). The highest BCUT2D eigenvalue weighted by Crippen LogP contribution is 2.28. The molecule has 1 aromatic carbocycles. The lowest BCUT2D eigenvalue weighted by Gasteiger charge is -2.08. The first kappa shape index (κ1) is 20.0. The third-order valence-electron chi connectivity index (χ3n) is 3.85. The highest BCUT2D eigenvalue weighted by Gasteiger charge is 2.16. The number of aromatic nitrogens is 3. The smallest absolute Gasteiger partial charge is 0.269 e. The lowest BCUT2D eigenvalue weighted by molar-refractivity contribution is -0.384. The van der Waals surface area contributed by atoms with Crippen molar-refractivity contribution < 1.29 is 9.72 Å². The molecule has 1 amide bonds. The number of hydrogen-bond donors (Lipinski definition) is 1. The maximum atomic E-state index is 12.2. The SMILES string of the molecule is CCCn1c(SCC(=O)Nc2ccc([N+](=O)[O-])cc2)nnc1-c1csc(C)c1. The number of nitrogens with one attached hydrogen (secondary N) is 1. The summed E-state index contributed by atoms with van der Waals surface area (Å²) in [5.74, 6) is 0.768. The Hall–Kier alpha value is -2.72. The van der Waals surface area contributed by atoms with E-state index in [4.69, 9.17) is 0 Å². The van der Waals surface area contributed by atoms with Gasteiger partial charge in [0.25, 0.3) is 5.69 Å². The van der Waals surface area contributed by atoms with Gasteiger partial charge in [-0.2, -0.15) is 0 Å². The number of rotatable bonds is 8. The van der Waals surface area contributed by atoms with Crippen molar-refractivity contribution in [3.63, 3.8) is 0 Å². The molecule has 0 saturated heterocycles. The summed E-state index contributed by atoms with van der Waals surface area (Å²) < 4.78 is 2.03. The Bertz CT molecular complexity index is 982. The Morgan fingerprint density at radius 2 is 2.07 bits per heavy atom. The number of nitrogens with zero attached hydrogens (tertiary/aromatic N) is 4. The van der Waals surface area contributed by atoms with E-state index in [2.05, 4.69) is 33.9 Å². The predicted molar refractivity (Wildman–Crippen MR) is 111 cm³/mol. The Kier molecular flexibility index (Phi) is 6.42. The van der Waals surface area contributed by atoms with Gasteiger partial charge in [0.05, 0.1) is 10.7 Å². The summed E-state index contributed by atoms with van der Waals surface area (Å²) in [7, 11) is 0. The fourth-order valence-corrected chi connectivity index (χ4v) is 4.03. The van der Waals surface area contributed by atoms with E-state index >= 15 is 0 Å². The van der Waals surface area contributed by atoms with Crippen LogP contribution in [0.4, 0.5) is 11.4 Å². The van der Waals surface area contributed by atoms with Crippen LogP contribution in [0.5, 0.6) is 0 Å². The van der Waals surface area contributed by atoms with Gasteiger partial charge in [0.1, 0.15) is 0 Å². The van der Waals surface area contributed by atoms with Crippen LogP contribution in [0.2, 0.25) is 0 Å². The largest absolute Gasteiger partial charge is 0.325 e. The number of benzene rings is 1. The molecule has 0 bridgehead atoms. The molecule has 0 unspecified atom stereocenters. The normalized spacial score (nSPS) is 10.8. The van der Waals surface area contributed by atoms with Crippen molar-refractivity contribution in [2.24, 2.45) is 0 Å². The molecule has 1 N–H and O–H groups in total. The Labute approximate surface area is 170 Å². The van der Waals surface area contributed by atoms with Gasteiger partial charge < -0.3 is 9.88 Å². The van der Waals surface area contributed by atoms with Crippen LogP contribution in [-0.2, 0) is 11.3 Å². The minimum absolute atomic E-state index is 0.0174. The van der Waals surface area contributed by atoms with E-state index in [1.165, 1.54) is 40.9 Å². The molecule has 2 heterocycles. The van der Waals surface area contributed by atoms with Gasteiger partial charge in [0.15, 0.2) is 11.0 Å². The van der Waals surface area contributed by atoms with E-state index in [-0.39, 0.29) is 17.3 Å². The second kappa shape index (κ2) is 8.98. The van der Waals surface area contributed by atoms with E-state index in [1.54, 1.807) is 11.3 Å². The van der Waals surface area contributed by atoms with Gasteiger partial charge >= 0.3 is 0 Å². The van der Waals surface area contributed by atoms with Crippen LogP contribution in [0.25, 0.3) is 11.4 Å². The Morgan fingerprint density at radius 3 is 2.68 bits per heavy atom. The Balaban J connectivity index is 1.65. The van der Waals surface area contributed by atoms with E-state index < -0.39 is 4.92 Å². The minimum atomic E-state index is -0.478. The zero-order valence-corrected chi connectivity index (χ0v) is 17.0. The molecule has 3 rings (SSSR count). The Morgan fingerprint density at radius 1 is 1.32 bits per heavy atom. The molecule has 146 valence electrons. The maximum Gasteiger partial charge on any atom is 0.269 e. The van der Waals surface area contributed by atoms with Crippen LogP contribution in [0.3, 0.4) is 0 Å². The molecular formula is C18H19N5O3S2. The lowest BCUT2D eigenvalue weighted by atomic mass is 10.3. The minimum Gasteiger partial charge on any atom is -0.325 e. The molecule has 28 heavy (non-hydrogen) atoms. The van der Waals surface area contributed by atoms with Gasteiger partial charge in [-0.05, 0) is 31.5 Å². The topological polar surface area (TPSA) is 103 Å². The number of non-ortho nitro benzene ring substituents is 1. The van der Waals surface area contributed by atoms with E-state index in [1.807, 2.05) is 11.5 Å². The molecule has 2 aromatic heterocycles. The van der Waals surface area contributed by atoms with Gasteiger partial charge in [0.2, 0.25) is 5.91 Å². The summed E-state index contributed by atoms with van der Waals surface area (Å²) in [5, 5.41) is 24.7. The number of anilines is 1. The first-order chi connectivity index (χ1) is 13.5. The van der Waals surface area contributed by atoms with Crippen LogP contribution < -0.4 is 5.32 Å². The van der Waals surface area contributed by atoms with Crippen LogP contribution in [0, 0.1) is 17.0 Å². The van der Waals surface area contributed by atoms with E-state index in [0.29, 0.717) is 10.8 Å². The number of amides is 1. The summed E-state index contributed by atoms with van der Waals surface area (Å²) in [6, 6.07) is 7.82. The van der Waals surface area contributed by atoms with Crippen LogP contribution in [0.1, 0.15) is 18.2 Å². The van der Waals surface area contributed by atoms with Crippen molar-refractivity contribution >= 4 is 40.4 Å². The zero-order chi connectivity index (χ0) is 20.1. The molecule has 0 radical (unpaired) electrons. The molecule has 3 aromatic rings. The zero-order valence-electron chi connectivity index (χ0n) is 15.4. The fraction of sp³-hybridized carbons (Fsp3) is 0.278. The van der Waals surface area contributed by atoms with Crippen LogP contribution in [-0.4, -0.2) is 31.3 Å². The van der Waals surface area contributed by atoms with Crippen molar-refractivity contribution in [2.75, 3.05) is 11.1 Å². The number of carbonyl (C=O) groups is 1. The molecule has 0 aliphatic rings.